The first-order valence-electron chi connectivity index (χ1n) is 10.3. The first-order valence-corrected chi connectivity index (χ1v) is 11.9. The molecule has 5 aromatic carbocycles. The first kappa shape index (κ1) is 17.5. The average molecular weight is 478 g/mol. The van der Waals surface area contributed by atoms with Crippen LogP contribution < -0.4 is 0 Å². The second kappa shape index (κ2) is 6.43. The molecule has 2 heterocycles. The number of halogens is 1. The number of fused-ring (bicyclic) bond motifs is 8. The van der Waals surface area contributed by atoms with Gasteiger partial charge in [0.2, 0.25) is 0 Å². The molecule has 2 aromatic heterocycles. The molecule has 0 aliphatic heterocycles. The number of hydrogen-bond acceptors (Lipinski definition) is 1. The van der Waals surface area contributed by atoms with Crippen LogP contribution in [-0.2, 0) is 0 Å². The fraction of sp³-hybridized carbons (Fsp3) is 0. The summed E-state index contributed by atoms with van der Waals surface area (Å²) in [5, 5.41) is 7.73. The predicted molar refractivity (Wildman–Crippen MR) is 139 cm³/mol. The molecule has 0 bridgehead atoms. The Morgan fingerprint density at radius 2 is 1.32 bits per heavy atom. The number of thiophene rings is 1. The highest BCUT2D eigenvalue weighted by Crippen LogP contribution is 2.46. The molecule has 0 spiro atoms. The molecule has 1 nitrogen and oxygen atoms in total. The van der Waals surface area contributed by atoms with Gasteiger partial charge in [0.05, 0.1) is 16.7 Å². The van der Waals surface area contributed by atoms with Crippen molar-refractivity contribution >= 4 is 80.0 Å². The fourth-order valence-electron chi connectivity index (χ4n) is 4.97. The van der Waals surface area contributed by atoms with Crippen LogP contribution in [0.5, 0.6) is 0 Å². The van der Waals surface area contributed by atoms with Crippen molar-refractivity contribution in [3.63, 3.8) is 0 Å². The van der Waals surface area contributed by atoms with Crippen LogP contribution in [0, 0.1) is 0 Å². The highest BCUT2D eigenvalue weighted by Gasteiger charge is 2.20. The molecule has 0 unspecified atom stereocenters. The molecule has 31 heavy (non-hydrogen) atoms. The van der Waals surface area contributed by atoms with E-state index in [-0.39, 0.29) is 0 Å². The van der Waals surface area contributed by atoms with E-state index < -0.39 is 0 Å². The van der Waals surface area contributed by atoms with Gasteiger partial charge in [-0.1, -0.05) is 88.7 Å². The van der Waals surface area contributed by atoms with Crippen LogP contribution in [0.25, 0.3) is 58.4 Å². The zero-order valence-corrected chi connectivity index (χ0v) is 18.9. The molecular weight excluding hydrogens is 462 g/mol. The lowest BCUT2D eigenvalue weighted by Crippen LogP contribution is -1.95. The zero-order chi connectivity index (χ0) is 20.5. The third-order valence-corrected chi connectivity index (χ3v) is 7.98. The molecule has 0 saturated heterocycles. The lowest BCUT2D eigenvalue weighted by molar-refractivity contribution is 1.21. The molecule has 0 atom stereocenters. The molecule has 0 saturated carbocycles. The fourth-order valence-corrected chi connectivity index (χ4v) is 6.90. The van der Waals surface area contributed by atoms with Crippen LogP contribution in [0.3, 0.4) is 0 Å². The maximum Gasteiger partial charge on any atom is 0.0645 e. The largest absolute Gasteiger partial charge is 0.308 e. The van der Waals surface area contributed by atoms with Crippen molar-refractivity contribution in [2.45, 2.75) is 0 Å². The van der Waals surface area contributed by atoms with E-state index in [1.54, 1.807) is 0 Å². The molecule has 0 fully saturated rings. The number of para-hydroxylation sites is 1. The monoisotopic (exact) mass is 477 g/mol. The molecule has 3 heteroatoms. The molecule has 0 amide bonds. The summed E-state index contributed by atoms with van der Waals surface area (Å²) < 4.78 is 6.26. The predicted octanol–water partition coefficient (Wildman–Crippen LogP) is 9.07. The zero-order valence-electron chi connectivity index (χ0n) is 16.5. The van der Waals surface area contributed by atoms with E-state index in [2.05, 4.69) is 118 Å². The Bertz CT molecular complexity index is 1800. The minimum atomic E-state index is 1.15. The van der Waals surface area contributed by atoms with Crippen LogP contribution in [0.1, 0.15) is 0 Å². The Hall–Kier alpha value is -3.14. The summed E-state index contributed by atoms with van der Waals surface area (Å²) in [6.45, 7) is 0. The van der Waals surface area contributed by atoms with E-state index in [1.807, 2.05) is 11.3 Å². The van der Waals surface area contributed by atoms with Crippen LogP contribution in [0.2, 0.25) is 0 Å². The molecule has 0 radical (unpaired) electrons. The van der Waals surface area contributed by atoms with Gasteiger partial charge in [-0.2, -0.15) is 0 Å². The minimum Gasteiger partial charge on any atom is -0.308 e. The Balaban J connectivity index is 1.83. The highest BCUT2D eigenvalue weighted by molar-refractivity contribution is 9.10. The van der Waals surface area contributed by atoms with Gasteiger partial charge >= 0.3 is 0 Å². The maximum atomic E-state index is 3.93. The van der Waals surface area contributed by atoms with E-state index in [1.165, 1.54) is 58.4 Å². The molecule has 146 valence electrons. The standard InChI is InChI=1S/C28H16BrNS/c29-21-16-25-27(20-12-4-6-15-24(20)31-25)28-26(21)19-11-3-5-13-23(19)30(28)22-14-7-9-17-8-1-2-10-18(17)22/h1-16H. The topological polar surface area (TPSA) is 4.93 Å². The normalized spacial score (nSPS) is 12.0. The second-order valence-electron chi connectivity index (χ2n) is 7.90. The highest BCUT2D eigenvalue weighted by atomic mass is 79.9. The van der Waals surface area contributed by atoms with Crippen molar-refractivity contribution in [1.29, 1.82) is 0 Å². The Morgan fingerprint density at radius 3 is 2.23 bits per heavy atom. The average Bonchev–Trinajstić information content (AvgIpc) is 3.34. The van der Waals surface area contributed by atoms with Gasteiger partial charge in [-0.05, 0) is 29.7 Å². The number of benzene rings is 5. The van der Waals surface area contributed by atoms with E-state index in [9.17, 15) is 0 Å². The molecule has 0 N–H and O–H groups in total. The van der Waals surface area contributed by atoms with Gasteiger partial charge in [0.1, 0.15) is 0 Å². The van der Waals surface area contributed by atoms with E-state index in [0.717, 1.165) is 4.47 Å². The van der Waals surface area contributed by atoms with Gasteiger partial charge < -0.3 is 4.57 Å². The van der Waals surface area contributed by atoms with E-state index in [4.69, 9.17) is 0 Å². The van der Waals surface area contributed by atoms with Crippen molar-refractivity contribution in [2.75, 3.05) is 0 Å². The Labute approximate surface area is 191 Å². The lowest BCUT2D eigenvalue weighted by Gasteiger charge is -2.12. The molecule has 7 rings (SSSR count). The maximum absolute atomic E-state index is 3.93. The molecular formula is C28H16BrNS. The van der Waals surface area contributed by atoms with E-state index in [0.29, 0.717) is 0 Å². The van der Waals surface area contributed by atoms with Gasteiger partial charge in [0, 0.05) is 40.8 Å². The summed E-state index contributed by atoms with van der Waals surface area (Å²) in [5.41, 5.74) is 3.73. The number of aromatic nitrogens is 1. The van der Waals surface area contributed by atoms with Crippen LogP contribution in [0.15, 0.2) is 102 Å². The Kier molecular flexibility index (Phi) is 3.64. The lowest BCUT2D eigenvalue weighted by atomic mass is 10.1. The van der Waals surface area contributed by atoms with Crippen molar-refractivity contribution in [2.24, 2.45) is 0 Å². The number of nitrogens with zero attached hydrogens (tertiary/aromatic N) is 1. The SMILES string of the molecule is Brc1cc2sc3ccccc3c2c2c1c1ccccc1n2-c1cccc2ccccc12. The third kappa shape index (κ3) is 2.36. The van der Waals surface area contributed by atoms with E-state index >= 15 is 0 Å². The van der Waals surface area contributed by atoms with Gasteiger partial charge in [-0.25, -0.2) is 0 Å². The Morgan fingerprint density at radius 1 is 0.613 bits per heavy atom. The van der Waals surface area contributed by atoms with Crippen molar-refractivity contribution < 1.29 is 0 Å². The van der Waals surface area contributed by atoms with Gasteiger partial charge in [-0.15, -0.1) is 11.3 Å². The van der Waals surface area contributed by atoms with Crippen LogP contribution >= 0.6 is 27.3 Å². The van der Waals surface area contributed by atoms with Gasteiger partial charge in [0.25, 0.3) is 0 Å². The van der Waals surface area contributed by atoms with Gasteiger partial charge in [-0.3, -0.25) is 0 Å². The van der Waals surface area contributed by atoms with Crippen molar-refractivity contribution in [1.82, 2.24) is 4.57 Å². The summed E-state index contributed by atoms with van der Waals surface area (Å²) in [6, 6.07) is 35.1. The van der Waals surface area contributed by atoms with Crippen LogP contribution in [-0.4, -0.2) is 4.57 Å². The third-order valence-electron chi connectivity index (χ3n) is 6.24. The molecule has 7 aromatic rings. The van der Waals surface area contributed by atoms with Crippen LogP contribution in [0.4, 0.5) is 0 Å². The quantitative estimate of drug-likeness (QED) is 0.222. The summed E-state index contributed by atoms with van der Waals surface area (Å²) in [6.07, 6.45) is 0. The smallest absolute Gasteiger partial charge is 0.0645 e. The minimum absolute atomic E-state index is 1.15. The second-order valence-corrected chi connectivity index (χ2v) is 9.84. The summed E-state index contributed by atoms with van der Waals surface area (Å²) in [7, 11) is 0. The van der Waals surface area contributed by atoms with Crippen molar-refractivity contribution in [3.8, 4) is 5.69 Å². The first-order chi connectivity index (χ1) is 15.3. The number of hydrogen-bond donors (Lipinski definition) is 0. The summed E-state index contributed by atoms with van der Waals surface area (Å²) >= 11 is 5.79. The summed E-state index contributed by atoms with van der Waals surface area (Å²) in [5.74, 6) is 0. The molecule has 0 aliphatic rings. The van der Waals surface area contributed by atoms with Gasteiger partial charge in [0.15, 0.2) is 0 Å². The number of rotatable bonds is 1. The summed E-state index contributed by atoms with van der Waals surface area (Å²) in [4.78, 5) is 0. The van der Waals surface area contributed by atoms with Crippen molar-refractivity contribution in [3.05, 3.63) is 102 Å². The molecule has 0 aliphatic carbocycles.